The minimum absolute atomic E-state index is 0.128. The van der Waals surface area contributed by atoms with E-state index >= 15 is 0 Å². The van der Waals surface area contributed by atoms with Crippen molar-refractivity contribution in [2.24, 2.45) is 4.99 Å². The smallest absolute Gasteiger partial charge is 0.267 e. The number of allylic oxidation sites excluding steroid dienone is 4. The molecule has 15 heavy (non-hydrogen) atoms. The summed E-state index contributed by atoms with van der Waals surface area (Å²) >= 11 is 0. The zero-order valence-electron chi connectivity index (χ0n) is 8.05. The molecule has 1 aliphatic heterocycles. The fourth-order valence-corrected chi connectivity index (χ4v) is 2.04. The summed E-state index contributed by atoms with van der Waals surface area (Å²) in [6.45, 7) is 0. The molecule has 2 nitrogen and oxygen atoms in total. The van der Waals surface area contributed by atoms with Gasteiger partial charge in [-0.05, 0) is 17.7 Å². The third kappa shape index (κ3) is 1.18. The van der Waals surface area contributed by atoms with Crippen molar-refractivity contribution in [1.82, 2.24) is 0 Å². The summed E-state index contributed by atoms with van der Waals surface area (Å²) < 4.78 is 0. The molecule has 1 aliphatic carbocycles. The molecule has 72 valence electrons. The van der Waals surface area contributed by atoms with Crippen LogP contribution in [0.3, 0.4) is 0 Å². The van der Waals surface area contributed by atoms with E-state index in [4.69, 9.17) is 0 Å². The van der Waals surface area contributed by atoms with E-state index in [1.807, 2.05) is 42.5 Å². The molecule has 0 radical (unpaired) electrons. The monoisotopic (exact) mass is 195 g/mol. The number of rotatable bonds is 0. The van der Waals surface area contributed by atoms with Crippen LogP contribution in [0.15, 0.2) is 53.6 Å². The summed E-state index contributed by atoms with van der Waals surface area (Å²) in [5.41, 5.74) is 2.64. The first-order valence-electron chi connectivity index (χ1n) is 4.93. The average Bonchev–Trinajstić information content (AvgIpc) is 2.30. The van der Waals surface area contributed by atoms with Crippen LogP contribution in [0.5, 0.6) is 0 Å². The van der Waals surface area contributed by atoms with Gasteiger partial charge in [-0.15, -0.1) is 0 Å². The van der Waals surface area contributed by atoms with Gasteiger partial charge >= 0.3 is 0 Å². The predicted octanol–water partition coefficient (Wildman–Crippen LogP) is 2.49. The number of fused-ring (bicyclic) bond motifs is 3. The van der Waals surface area contributed by atoms with Gasteiger partial charge < -0.3 is 0 Å². The molecular formula is C13H9NO. The highest BCUT2D eigenvalue weighted by Crippen LogP contribution is 2.30. The van der Waals surface area contributed by atoms with Gasteiger partial charge in [0.1, 0.15) is 0 Å². The van der Waals surface area contributed by atoms with Crippen LogP contribution in [0.25, 0.3) is 0 Å². The first kappa shape index (κ1) is 8.36. The molecular weight excluding hydrogens is 186 g/mol. The molecule has 0 bridgehead atoms. The number of hydrogen-bond acceptors (Lipinski definition) is 1. The maximum atomic E-state index is 11.7. The number of aliphatic imine (C=N–C) groups is 1. The van der Waals surface area contributed by atoms with Gasteiger partial charge in [-0.1, -0.05) is 36.4 Å². The summed E-state index contributed by atoms with van der Waals surface area (Å²) in [5, 5.41) is 0. The summed E-state index contributed by atoms with van der Waals surface area (Å²) in [4.78, 5) is 15.8. The Morgan fingerprint density at radius 3 is 2.93 bits per heavy atom. The highest BCUT2D eigenvalue weighted by atomic mass is 16.1. The minimum atomic E-state index is -0.128. The molecule has 1 unspecified atom stereocenters. The van der Waals surface area contributed by atoms with Crippen molar-refractivity contribution in [2.75, 3.05) is 0 Å². The van der Waals surface area contributed by atoms with Crippen molar-refractivity contribution in [3.8, 4) is 0 Å². The highest BCUT2D eigenvalue weighted by Gasteiger charge is 2.26. The van der Waals surface area contributed by atoms with E-state index in [9.17, 15) is 4.79 Å². The lowest BCUT2D eigenvalue weighted by molar-refractivity contribution is 0.1000. The standard InChI is InChI=1S/C13H9NO/c15-13-11-7-2-1-5-9(11)10-6-3-4-8-12(10)14-13/h1-8,10H. The largest absolute Gasteiger partial charge is 0.277 e. The van der Waals surface area contributed by atoms with Gasteiger partial charge in [-0.3, -0.25) is 4.79 Å². The molecule has 0 spiro atoms. The topological polar surface area (TPSA) is 29.4 Å². The number of amides is 1. The van der Waals surface area contributed by atoms with Gasteiger partial charge in [0.25, 0.3) is 5.91 Å². The molecule has 0 fully saturated rings. The normalized spacial score (nSPS) is 22.0. The molecule has 1 atom stereocenters. The maximum absolute atomic E-state index is 11.7. The molecule has 0 aromatic heterocycles. The molecule has 2 aliphatic rings. The quantitative estimate of drug-likeness (QED) is 0.625. The fraction of sp³-hybridized carbons (Fsp3) is 0.0769. The number of nitrogens with zero attached hydrogens (tertiary/aromatic N) is 1. The second-order valence-corrected chi connectivity index (χ2v) is 3.65. The Kier molecular flexibility index (Phi) is 1.68. The Morgan fingerprint density at radius 2 is 2.00 bits per heavy atom. The van der Waals surface area contributed by atoms with Gasteiger partial charge in [0, 0.05) is 11.5 Å². The lowest BCUT2D eigenvalue weighted by atomic mass is 9.85. The average molecular weight is 195 g/mol. The van der Waals surface area contributed by atoms with Crippen LogP contribution in [0.2, 0.25) is 0 Å². The second-order valence-electron chi connectivity index (χ2n) is 3.65. The van der Waals surface area contributed by atoms with Crippen molar-refractivity contribution >= 4 is 11.6 Å². The van der Waals surface area contributed by atoms with Gasteiger partial charge in [0.2, 0.25) is 0 Å². The summed E-state index contributed by atoms with van der Waals surface area (Å²) in [6, 6.07) is 7.67. The van der Waals surface area contributed by atoms with Crippen LogP contribution in [-0.4, -0.2) is 11.6 Å². The second kappa shape index (κ2) is 3.02. The highest BCUT2D eigenvalue weighted by molar-refractivity contribution is 6.16. The zero-order valence-corrected chi connectivity index (χ0v) is 8.05. The van der Waals surface area contributed by atoms with E-state index in [-0.39, 0.29) is 11.8 Å². The number of hydrogen-bond donors (Lipinski definition) is 0. The summed E-state index contributed by atoms with van der Waals surface area (Å²) in [6.07, 6.45) is 7.88. The molecule has 1 heterocycles. The van der Waals surface area contributed by atoms with Crippen LogP contribution < -0.4 is 0 Å². The van der Waals surface area contributed by atoms with Crippen LogP contribution in [-0.2, 0) is 0 Å². The van der Waals surface area contributed by atoms with Crippen molar-refractivity contribution in [1.29, 1.82) is 0 Å². The first-order valence-corrected chi connectivity index (χ1v) is 4.93. The molecule has 2 heteroatoms. The number of carbonyl (C=O) groups is 1. The Balaban J connectivity index is 2.24. The van der Waals surface area contributed by atoms with Crippen LogP contribution in [0, 0.1) is 0 Å². The van der Waals surface area contributed by atoms with E-state index in [0.717, 1.165) is 16.8 Å². The maximum Gasteiger partial charge on any atom is 0.277 e. The molecule has 1 amide bonds. The van der Waals surface area contributed by atoms with Crippen molar-refractivity contribution in [3.05, 3.63) is 59.7 Å². The molecule has 0 saturated carbocycles. The first-order chi connectivity index (χ1) is 7.36. The van der Waals surface area contributed by atoms with Gasteiger partial charge in [0.05, 0.1) is 5.71 Å². The van der Waals surface area contributed by atoms with Crippen molar-refractivity contribution < 1.29 is 4.79 Å². The molecule has 1 aromatic carbocycles. The predicted molar refractivity (Wildman–Crippen MR) is 59.2 cm³/mol. The lowest BCUT2D eigenvalue weighted by Gasteiger charge is -2.22. The van der Waals surface area contributed by atoms with E-state index in [2.05, 4.69) is 11.1 Å². The Morgan fingerprint density at radius 1 is 1.13 bits per heavy atom. The lowest BCUT2D eigenvalue weighted by Crippen LogP contribution is -2.20. The Bertz CT molecular complexity index is 523. The number of carbonyl (C=O) groups excluding carboxylic acids is 1. The third-order valence-corrected chi connectivity index (χ3v) is 2.76. The molecule has 1 aromatic rings. The minimum Gasteiger partial charge on any atom is -0.267 e. The Hall–Kier alpha value is -1.96. The molecule has 0 N–H and O–H groups in total. The van der Waals surface area contributed by atoms with Crippen LogP contribution >= 0.6 is 0 Å². The summed E-state index contributed by atoms with van der Waals surface area (Å²) in [5.74, 6) is 0.0284. The van der Waals surface area contributed by atoms with Crippen LogP contribution in [0.4, 0.5) is 0 Å². The number of benzene rings is 1. The summed E-state index contributed by atoms with van der Waals surface area (Å²) in [7, 11) is 0. The van der Waals surface area contributed by atoms with E-state index in [0.29, 0.717) is 0 Å². The van der Waals surface area contributed by atoms with Crippen molar-refractivity contribution in [3.63, 3.8) is 0 Å². The van der Waals surface area contributed by atoms with E-state index in [1.165, 1.54) is 0 Å². The Labute approximate surface area is 87.7 Å². The van der Waals surface area contributed by atoms with Gasteiger partial charge in [0.15, 0.2) is 0 Å². The zero-order chi connectivity index (χ0) is 10.3. The van der Waals surface area contributed by atoms with Gasteiger partial charge in [-0.25, -0.2) is 4.99 Å². The third-order valence-electron chi connectivity index (χ3n) is 2.76. The SMILES string of the molecule is O=C1N=C2C=CC=CC2c2ccccc21. The van der Waals surface area contributed by atoms with Gasteiger partial charge in [-0.2, -0.15) is 0 Å². The molecule has 0 saturated heterocycles. The van der Waals surface area contributed by atoms with Crippen LogP contribution in [0.1, 0.15) is 21.8 Å². The van der Waals surface area contributed by atoms with E-state index in [1.54, 1.807) is 0 Å². The van der Waals surface area contributed by atoms with E-state index < -0.39 is 0 Å². The van der Waals surface area contributed by atoms with Crippen molar-refractivity contribution in [2.45, 2.75) is 5.92 Å². The fourth-order valence-electron chi connectivity index (χ4n) is 2.04. The molecule has 3 rings (SSSR count).